The van der Waals surface area contributed by atoms with Crippen molar-refractivity contribution in [3.05, 3.63) is 20.6 Å². The highest BCUT2D eigenvalue weighted by Gasteiger charge is 2.31. The molecule has 1 saturated heterocycles. The van der Waals surface area contributed by atoms with Crippen LogP contribution in [0.2, 0.25) is 0 Å². The van der Waals surface area contributed by atoms with Gasteiger partial charge in [0.05, 0.1) is 23.2 Å². The molecule has 26 heavy (non-hydrogen) atoms. The number of rotatable bonds is 7. The zero-order valence-corrected chi connectivity index (χ0v) is 19.7. The van der Waals surface area contributed by atoms with E-state index in [4.69, 9.17) is 9.47 Å². The monoisotopic (exact) mass is 512 g/mol. The first-order valence-electron chi connectivity index (χ1n) is 8.61. The van der Waals surface area contributed by atoms with Crippen LogP contribution >= 0.6 is 44.3 Å². The Balaban J connectivity index is 0.00000338. The van der Waals surface area contributed by atoms with Crippen LogP contribution in [0.4, 0.5) is 0 Å². The number of amides is 1. The Morgan fingerprint density at radius 2 is 1.81 bits per heavy atom. The van der Waals surface area contributed by atoms with E-state index in [0.29, 0.717) is 29.6 Å². The predicted octanol–water partition coefficient (Wildman–Crippen LogP) is 4.60. The Kier molecular flexibility index (Phi) is 9.72. The molecule has 1 unspecified atom stereocenters. The molecule has 0 aromatic heterocycles. The van der Waals surface area contributed by atoms with Crippen molar-refractivity contribution < 1.29 is 14.3 Å². The second kappa shape index (κ2) is 10.7. The minimum atomic E-state index is -0.0684. The number of carbonyl (C=O) groups excluding carboxylic acids is 1. The average Bonchev–Trinajstić information content (AvgIpc) is 3.05. The number of methoxy groups -OCH3 is 2. The summed E-state index contributed by atoms with van der Waals surface area (Å²) in [5.41, 5.74) is 0.453. The molecule has 0 aliphatic carbocycles. The first kappa shape index (κ1) is 23.5. The van der Waals surface area contributed by atoms with Crippen LogP contribution in [0, 0.1) is 0 Å². The van der Waals surface area contributed by atoms with Crippen molar-refractivity contribution in [2.45, 2.75) is 32.7 Å². The molecule has 0 bridgehead atoms. The SMILES string of the molecule is CCN(CC1CCCN1CC)C(=O)c1c(OC)c(Br)cc(Br)c1OC.Cl. The Morgan fingerprint density at radius 1 is 1.23 bits per heavy atom. The quantitative estimate of drug-likeness (QED) is 0.534. The van der Waals surface area contributed by atoms with E-state index >= 15 is 0 Å². The number of hydrogen-bond acceptors (Lipinski definition) is 4. The number of ether oxygens (including phenoxy) is 2. The van der Waals surface area contributed by atoms with Gasteiger partial charge in [-0.25, -0.2) is 0 Å². The molecule has 1 aromatic rings. The molecule has 0 radical (unpaired) electrons. The van der Waals surface area contributed by atoms with Crippen LogP contribution in [0.1, 0.15) is 37.0 Å². The van der Waals surface area contributed by atoms with Crippen molar-refractivity contribution in [1.82, 2.24) is 9.80 Å². The summed E-state index contributed by atoms with van der Waals surface area (Å²) in [7, 11) is 3.13. The summed E-state index contributed by atoms with van der Waals surface area (Å²) in [5.74, 6) is 0.936. The van der Waals surface area contributed by atoms with E-state index in [-0.39, 0.29) is 18.3 Å². The Morgan fingerprint density at radius 3 is 2.27 bits per heavy atom. The molecule has 0 spiro atoms. The van der Waals surface area contributed by atoms with Crippen LogP contribution in [0.3, 0.4) is 0 Å². The summed E-state index contributed by atoms with van der Waals surface area (Å²) < 4.78 is 12.4. The zero-order chi connectivity index (χ0) is 18.6. The third-order valence-corrected chi connectivity index (χ3v) is 5.95. The molecule has 1 heterocycles. The summed E-state index contributed by atoms with van der Waals surface area (Å²) in [4.78, 5) is 17.7. The van der Waals surface area contributed by atoms with Gasteiger partial charge < -0.3 is 14.4 Å². The van der Waals surface area contributed by atoms with Gasteiger partial charge in [0.1, 0.15) is 17.1 Å². The molecule has 1 atom stereocenters. The average molecular weight is 515 g/mol. The summed E-state index contributed by atoms with van der Waals surface area (Å²) in [5, 5.41) is 0. The van der Waals surface area contributed by atoms with Gasteiger partial charge in [-0.1, -0.05) is 6.92 Å². The van der Waals surface area contributed by atoms with Crippen LogP contribution in [-0.4, -0.2) is 62.1 Å². The molecule has 1 fully saturated rings. The minimum absolute atomic E-state index is 0. The maximum absolute atomic E-state index is 13.3. The van der Waals surface area contributed by atoms with E-state index in [1.807, 2.05) is 17.9 Å². The summed E-state index contributed by atoms with van der Waals surface area (Å²) in [6.45, 7) is 7.68. The highest BCUT2D eigenvalue weighted by Crippen LogP contribution is 2.42. The fourth-order valence-electron chi connectivity index (χ4n) is 3.46. The first-order valence-corrected chi connectivity index (χ1v) is 10.2. The van der Waals surface area contributed by atoms with Crippen molar-refractivity contribution in [3.63, 3.8) is 0 Å². The van der Waals surface area contributed by atoms with Gasteiger partial charge in [0, 0.05) is 19.1 Å². The van der Waals surface area contributed by atoms with E-state index in [1.165, 1.54) is 6.42 Å². The molecule has 1 aliphatic rings. The summed E-state index contributed by atoms with van der Waals surface area (Å²) in [6.07, 6.45) is 2.33. The maximum Gasteiger partial charge on any atom is 0.261 e. The van der Waals surface area contributed by atoms with Crippen LogP contribution in [0.15, 0.2) is 15.0 Å². The lowest BCUT2D eigenvalue weighted by atomic mass is 10.1. The van der Waals surface area contributed by atoms with Crippen molar-refractivity contribution in [2.75, 3.05) is 40.4 Å². The molecule has 2 rings (SSSR count). The van der Waals surface area contributed by atoms with Gasteiger partial charge in [-0.2, -0.15) is 0 Å². The molecular formula is C18H27Br2ClN2O3. The molecular weight excluding hydrogens is 487 g/mol. The van der Waals surface area contributed by atoms with Crippen molar-refractivity contribution in [2.24, 2.45) is 0 Å². The van der Waals surface area contributed by atoms with Crippen LogP contribution in [-0.2, 0) is 0 Å². The van der Waals surface area contributed by atoms with Crippen LogP contribution in [0.5, 0.6) is 11.5 Å². The number of benzene rings is 1. The number of hydrogen-bond donors (Lipinski definition) is 0. The molecule has 8 heteroatoms. The lowest BCUT2D eigenvalue weighted by Gasteiger charge is -2.30. The standard InChI is InChI=1S/C18H26Br2N2O3.ClH/c1-5-21-9-7-8-12(21)11-22(6-2)18(23)15-16(24-3)13(19)10-14(20)17(15)25-4;/h10,12H,5-9,11H2,1-4H3;1H. The largest absolute Gasteiger partial charge is 0.495 e. The molecule has 1 amide bonds. The normalized spacial score (nSPS) is 16.9. The van der Waals surface area contributed by atoms with Crippen LogP contribution < -0.4 is 9.47 Å². The van der Waals surface area contributed by atoms with Gasteiger partial charge in [0.25, 0.3) is 5.91 Å². The molecule has 1 aliphatic heterocycles. The third kappa shape index (κ3) is 4.86. The van der Waals surface area contributed by atoms with E-state index < -0.39 is 0 Å². The summed E-state index contributed by atoms with van der Waals surface area (Å²) in [6, 6.07) is 2.25. The second-order valence-electron chi connectivity index (χ2n) is 6.05. The summed E-state index contributed by atoms with van der Waals surface area (Å²) >= 11 is 6.96. The van der Waals surface area contributed by atoms with Gasteiger partial charge in [-0.15, -0.1) is 12.4 Å². The highest BCUT2D eigenvalue weighted by molar-refractivity contribution is 9.11. The predicted molar refractivity (Wildman–Crippen MR) is 114 cm³/mol. The smallest absolute Gasteiger partial charge is 0.261 e. The number of likely N-dealkylation sites (N-methyl/N-ethyl adjacent to an activating group) is 2. The zero-order valence-electron chi connectivity index (χ0n) is 15.7. The third-order valence-electron chi connectivity index (χ3n) is 4.77. The fraction of sp³-hybridized carbons (Fsp3) is 0.611. The maximum atomic E-state index is 13.3. The highest BCUT2D eigenvalue weighted by atomic mass is 79.9. The Bertz CT molecular complexity index is 603. The number of nitrogens with zero attached hydrogens (tertiary/aromatic N) is 2. The van der Waals surface area contributed by atoms with E-state index in [2.05, 4.69) is 43.7 Å². The second-order valence-corrected chi connectivity index (χ2v) is 7.76. The molecule has 0 saturated carbocycles. The number of likely N-dealkylation sites (tertiary alicyclic amines) is 1. The van der Waals surface area contributed by atoms with Crippen LogP contribution in [0.25, 0.3) is 0 Å². The van der Waals surface area contributed by atoms with Crippen molar-refractivity contribution in [3.8, 4) is 11.5 Å². The van der Waals surface area contributed by atoms with Gasteiger partial charge in [0.15, 0.2) is 0 Å². The lowest BCUT2D eigenvalue weighted by molar-refractivity contribution is 0.0710. The first-order chi connectivity index (χ1) is 12.0. The molecule has 5 nitrogen and oxygen atoms in total. The molecule has 148 valence electrons. The van der Waals surface area contributed by atoms with E-state index in [1.54, 1.807) is 14.2 Å². The topological polar surface area (TPSA) is 42.0 Å². The van der Waals surface area contributed by atoms with E-state index in [0.717, 1.165) is 35.0 Å². The molecule has 1 aromatic carbocycles. The Labute approximate surface area is 179 Å². The van der Waals surface area contributed by atoms with Gasteiger partial charge in [-0.3, -0.25) is 9.69 Å². The van der Waals surface area contributed by atoms with Crippen molar-refractivity contribution >= 4 is 50.2 Å². The fourth-order valence-corrected chi connectivity index (χ4v) is 4.95. The lowest BCUT2D eigenvalue weighted by Crippen LogP contribution is -2.43. The number of carbonyl (C=O) groups is 1. The van der Waals surface area contributed by atoms with E-state index in [9.17, 15) is 4.79 Å². The van der Waals surface area contributed by atoms with Gasteiger partial charge >= 0.3 is 0 Å². The van der Waals surface area contributed by atoms with Gasteiger partial charge in [-0.05, 0) is 70.8 Å². The molecule has 0 N–H and O–H groups in total. The number of halogens is 3. The Hall–Kier alpha value is -0.500. The van der Waals surface area contributed by atoms with Crippen molar-refractivity contribution in [1.29, 1.82) is 0 Å². The minimum Gasteiger partial charge on any atom is -0.495 e. The van der Waals surface area contributed by atoms with Gasteiger partial charge in [0.2, 0.25) is 0 Å².